The van der Waals surface area contributed by atoms with Crippen LogP contribution in [0.5, 0.6) is 0 Å². The van der Waals surface area contributed by atoms with Crippen molar-refractivity contribution in [1.82, 2.24) is 9.55 Å². The predicted octanol–water partition coefficient (Wildman–Crippen LogP) is 3.18. The van der Waals surface area contributed by atoms with Crippen molar-refractivity contribution in [2.24, 2.45) is 7.05 Å². The van der Waals surface area contributed by atoms with Crippen molar-refractivity contribution in [3.63, 3.8) is 0 Å². The van der Waals surface area contributed by atoms with Gasteiger partial charge in [0.2, 0.25) is 0 Å². The Morgan fingerprint density at radius 2 is 2.16 bits per heavy atom. The molecule has 0 N–H and O–H groups in total. The number of hydrogen-bond donors (Lipinski definition) is 0. The van der Waals surface area contributed by atoms with Crippen LogP contribution >= 0.6 is 15.9 Å². The van der Waals surface area contributed by atoms with E-state index in [1.807, 2.05) is 43.7 Å². The summed E-state index contributed by atoms with van der Waals surface area (Å²) in [6.07, 6.45) is 0. The number of carbonyl (C=O) groups excluding carboxylic acids is 1. The van der Waals surface area contributed by atoms with Gasteiger partial charge in [-0.25, -0.2) is 4.98 Å². The van der Waals surface area contributed by atoms with E-state index in [-0.39, 0.29) is 5.97 Å². The summed E-state index contributed by atoms with van der Waals surface area (Å²) in [6, 6.07) is 5.89. The monoisotopic (exact) mass is 324 g/mol. The molecule has 0 aliphatic heterocycles. The minimum atomic E-state index is -0.768. The molecule has 1 heterocycles. The molecule has 2 rings (SSSR count). The number of ether oxygens (including phenoxy) is 1. The number of imidazole rings is 1. The zero-order valence-corrected chi connectivity index (χ0v) is 13.1. The van der Waals surface area contributed by atoms with E-state index in [0.29, 0.717) is 12.4 Å². The second kappa shape index (κ2) is 4.96. The number of fused-ring (bicyclic) bond motifs is 1. The third-order valence-electron chi connectivity index (χ3n) is 3.19. The molecule has 19 heavy (non-hydrogen) atoms. The molecule has 0 fully saturated rings. The van der Waals surface area contributed by atoms with Crippen LogP contribution in [0.15, 0.2) is 22.7 Å². The van der Waals surface area contributed by atoms with Gasteiger partial charge >= 0.3 is 5.97 Å². The van der Waals surface area contributed by atoms with Gasteiger partial charge in [-0.2, -0.15) is 0 Å². The highest BCUT2D eigenvalue weighted by Gasteiger charge is 2.36. The topological polar surface area (TPSA) is 44.1 Å². The van der Waals surface area contributed by atoms with E-state index in [1.54, 1.807) is 6.92 Å². The largest absolute Gasteiger partial charge is 0.465 e. The fourth-order valence-corrected chi connectivity index (χ4v) is 2.48. The average molecular weight is 325 g/mol. The molecule has 0 unspecified atom stereocenters. The van der Waals surface area contributed by atoms with Gasteiger partial charge in [0.05, 0.1) is 17.6 Å². The van der Waals surface area contributed by atoms with Gasteiger partial charge in [-0.15, -0.1) is 0 Å². The maximum atomic E-state index is 12.1. The summed E-state index contributed by atoms with van der Waals surface area (Å²) in [5.74, 6) is 0.450. The predicted molar refractivity (Wildman–Crippen MR) is 78.1 cm³/mol. The highest BCUT2D eigenvalue weighted by Crippen LogP contribution is 2.28. The Bertz CT molecular complexity index is 632. The summed E-state index contributed by atoms with van der Waals surface area (Å²) >= 11 is 3.43. The van der Waals surface area contributed by atoms with E-state index in [0.717, 1.165) is 15.5 Å². The van der Waals surface area contributed by atoms with Crippen molar-refractivity contribution in [1.29, 1.82) is 0 Å². The number of carbonyl (C=O) groups is 1. The van der Waals surface area contributed by atoms with E-state index in [2.05, 4.69) is 20.9 Å². The van der Waals surface area contributed by atoms with Gasteiger partial charge in [-0.1, -0.05) is 15.9 Å². The molecule has 2 aromatic rings. The second-order valence-corrected chi connectivity index (χ2v) is 5.89. The van der Waals surface area contributed by atoms with Crippen LogP contribution in [-0.2, 0) is 22.0 Å². The van der Waals surface area contributed by atoms with Crippen LogP contribution in [0, 0.1) is 0 Å². The molecule has 0 atom stereocenters. The van der Waals surface area contributed by atoms with Crippen LogP contribution in [0.1, 0.15) is 26.6 Å². The highest BCUT2D eigenvalue weighted by atomic mass is 79.9. The summed E-state index contributed by atoms with van der Waals surface area (Å²) in [7, 11) is 1.92. The molecule has 0 saturated heterocycles. The molecule has 0 amide bonds. The molecule has 0 radical (unpaired) electrons. The molecule has 0 bridgehead atoms. The third-order valence-corrected chi connectivity index (χ3v) is 3.68. The Hall–Kier alpha value is -1.36. The average Bonchev–Trinajstić information content (AvgIpc) is 2.67. The number of rotatable bonds is 3. The summed E-state index contributed by atoms with van der Waals surface area (Å²) < 4.78 is 8.05. The number of nitrogens with zero attached hydrogens (tertiary/aromatic N) is 2. The van der Waals surface area contributed by atoms with Crippen molar-refractivity contribution < 1.29 is 9.53 Å². The molecular formula is C14H17BrN2O2. The Balaban J connectivity index is 2.56. The molecule has 0 spiro atoms. The lowest BCUT2D eigenvalue weighted by Gasteiger charge is -2.21. The molecule has 0 saturated carbocycles. The second-order valence-electron chi connectivity index (χ2n) is 4.97. The molecule has 4 nitrogen and oxygen atoms in total. The van der Waals surface area contributed by atoms with E-state index in [1.165, 1.54) is 0 Å². The minimum Gasteiger partial charge on any atom is -0.465 e. The van der Waals surface area contributed by atoms with Gasteiger partial charge in [0, 0.05) is 11.5 Å². The maximum absolute atomic E-state index is 12.1. The first-order valence-electron chi connectivity index (χ1n) is 6.17. The van der Waals surface area contributed by atoms with Gasteiger partial charge in [-0.3, -0.25) is 4.79 Å². The van der Waals surface area contributed by atoms with Crippen LogP contribution in [0.3, 0.4) is 0 Å². The fraction of sp³-hybridized carbons (Fsp3) is 0.429. The Kier molecular flexibility index (Phi) is 3.67. The van der Waals surface area contributed by atoms with E-state index >= 15 is 0 Å². The van der Waals surface area contributed by atoms with Gasteiger partial charge in [0.25, 0.3) is 0 Å². The SMILES string of the molecule is CCOC(=O)C(C)(C)c1nc2cc(Br)ccc2n1C. The molecule has 5 heteroatoms. The zero-order chi connectivity index (χ0) is 14.2. The van der Waals surface area contributed by atoms with Crippen molar-refractivity contribution in [3.05, 3.63) is 28.5 Å². The normalized spacial score (nSPS) is 11.8. The fourth-order valence-electron chi connectivity index (χ4n) is 2.13. The van der Waals surface area contributed by atoms with Gasteiger partial charge in [0.15, 0.2) is 0 Å². The molecule has 102 valence electrons. The number of halogens is 1. The smallest absolute Gasteiger partial charge is 0.319 e. The van der Waals surface area contributed by atoms with Crippen LogP contribution in [0.25, 0.3) is 11.0 Å². The maximum Gasteiger partial charge on any atom is 0.319 e. The quantitative estimate of drug-likeness (QED) is 0.814. The van der Waals surface area contributed by atoms with Gasteiger partial charge in [-0.05, 0) is 39.0 Å². The summed E-state index contributed by atoms with van der Waals surface area (Å²) in [4.78, 5) is 16.7. The van der Waals surface area contributed by atoms with Crippen molar-refractivity contribution >= 4 is 32.9 Å². The van der Waals surface area contributed by atoms with Crippen molar-refractivity contribution in [2.45, 2.75) is 26.2 Å². The molecule has 1 aromatic carbocycles. The lowest BCUT2D eigenvalue weighted by molar-refractivity contribution is -0.149. The number of aryl methyl sites for hydroxylation is 1. The van der Waals surface area contributed by atoms with Crippen LogP contribution < -0.4 is 0 Å². The number of aromatic nitrogens is 2. The number of hydrogen-bond acceptors (Lipinski definition) is 3. The summed E-state index contributed by atoms with van der Waals surface area (Å²) in [5.41, 5.74) is 1.09. The number of benzene rings is 1. The van der Waals surface area contributed by atoms with Crippen LogP contribution in [0.4, 0.5) is 0 Å². The Morgan fingerprint density at radius 3 is 2.79 bits per heavy atom. The molecule has 1 aromatic heterocycles. The van der Waals surface area contributed by atoms with Crippen LogP contribution in [0.2, 0.25) is 0 Å². The molecule has 0 aliphatic carbocycles. The summed E-state index contributed by atoms with van der Waals surface area (Å²) in [5, 5.41) is 0. The number of esters is 1. The highest BCUT2D eigenvalue weighted by molar-refractivity contribution is 9.10. The molecule has 0 aliphatic rings. The van der Waals surface area contributed by atoms with Crippen molar-refractivity contribution in [3.8, 4) is 0 Å². The van der Waals surface area contributed by atoms with E-state index in [9.17, 15) is 4.79 Å². The Morgan fingerprint density at radius 1 is 1.47 bits per heavy atom. The lowest BCUT2D eigenvalue weighted by Crippen LogP contribution is -2.33. The van der Waals surface area contributed by atoms with E-state index in [4.69, 9.17) is 4.74 Å². The Labute approximate surface area is 120 Å². The zero-order valence-electron chi connectivity index (χ0n) is 11.5. The van der Waals surface area contributed by atoms with Crippen LogP contribution in [-0.4, -0.2) is 22.1 Å². The molecular weight excluding hydrogens is 308 g/mol. The third kappa shape index (κ3) is 2.39. The summed E-state index contributed by atoms with van der Waals surface area (Å²) in [6.45, 7) is 5.85. The van der Waals surface area contributed by atoms with Gasteiger partial charge < -0.3 is 9.30 Å². The lowest BCUT2D eigenvalue weighted by atomic mass is 9.92. The first kappa shape index (κ1) is 14.1. The standard InChI is InChI=1S/C14H17BrN2O2/c1-5-19-13(18)14(2,3)12-16-10-8-9(15)6-7-11(10)17(12)4/h6-8H,5H2,1-4H3. The minimum absolute atomic E-state index is 0.257. The van der Waals surface area contributed by atoms with Gasteiger partial charge in [0.1, 0.15) is 11.2 Å². The first-order valence-corrected chi connectivity index (χ1v) is 6.97. The van der Waals surface area contributed by atoms with E-state index < -0.39 is 5.41 Å². The first-order chi connectivity index (χ1) is 8.87. The van der Waals surface area contributed by atoms with Crippen molar-refractivity contribution in [2.75, 3.05) is 6.61 Å².